The Bertz CT molecular complexity index is 620. The lowest BCUT2D eigenvalue weighted by molar-refractivity contribution is -0.123. The molecule has 1 heterocycles. The Labute approximate surface area is 137 Å². The van der Waals surface area contributed by atoms with E-state index < -0.39 is 0 Å². The van der Waals surface area contributed by atoms with Gasteiger partial charge in [-0.3, -0.25) is 4.79 Å². The first-order valence-corrected chi connectivity index (χ1v) is 9.26. The number of thiophene rings is 1. The van der Waals surface area contributed by atoms with Gasteiger partial charge in [-0.25, -0.2) is 0 Å². The number of alkyl halides is 1. The van der Waals surface area contributed by atoms with Crippen molar-refractivity contribution in [1.82, 2.24) is 5.32 Å². The highest BCUT2D eigenvalue weighted by Crippen LogP contribution is 2.35. The van der Waals surface area contributed by atoms with Gasteiger partial charge >= 0.3 is 0 Å². The zero-order valence-electron chi connectivity index (χ0n) is 11.8. The average Bonchev–Trinajstić information content (AvgIpc) is 3.01. The van der Waals surface area contributed by atoms with Crippen LogP contribution in [0.25, 0.3) is 0 Å². The number of hydrogen-bond donors (Lipinski definition) is 1. The lowest BCUT2D eigenvalue weighted by Crippen LogP contribution is -2.30. The molecule has 0 aliphatic heterocycles. The second-order valence-electron chi connectivity index (χ2n) is 5.41. The third kappa shape index (κ3) is 3.38. The van der Waals surface area contributed by atoms with Crippen LogP contribution in [0.5, 0.6) is 0 Å². The molecule has 0 saturated carbocycles. The summed E-state index contributed by atoms with van der Waals surface area (Å²) in [4.78, 5) is 13.8. The smallest absolute Gasteiger partial charge is 0.227 e. The van der Waals surface area contributed by atoms with Gasteiger partial charge in [-0.05, 0) is 47.4 Å². The van der Waals surface area contributed by atoms with Crippen molar-refractivity contribution in [2.24, 2.45) is 0 Å². The molecule has 0 saturated heterocycles. The predicted octanol–water partition coefficient (Wildman–Crippen LogP) is 4.38. The number of aryl methyl sites for hydroxylation is 1. The van der Waals surface area contributed by atoms with Gasteiger partial charge in [0.25, 0.3) is 0 Å². The lowest BCUT2D eigenvalue weighted by atomic mass is 9.87. The van der Waals surface area contributed by atoms with Gasteiger partial charge in [-0.1, -0.05) is 40.2 Å². The van der Waals surface area contributed by atoms with E-state index in [4.69, 9.17) is 0 Å². The Hall–Kier alpha value is -1.13. The summed E-state index contributed by atoms with van der Waals surface area (Å²) in [6.45, 7) is 0.609. The minimum atomic E-state index is 0.0433. The minimum Gasteiger partial charge on any atom is -0.351 e. The number of amides is 1. The van der Waals surface area contributed by atoms with Crippen molar-refractivity contribution in [1.29, 1.82) is 0 Å². The van der Waals surface area contributed by atoms with Crippen LogP contribution in [0.3, 0.4) is 0 Å². The molecule has 3 rings (SSSR count). The van der Waals surface area contributed by atoms with Crippen molar-refractivity contribution < 1.29 is 4.79 Å². The molecule has 21 heavy (non-hydrogen) atoms. The van der Waals surface area contributed by atoms with E-state index in [-0.39, 0.29) is 11.8 Å². The third-order valence-electron chi connectivity index (χ3n) is 4.01. The minimum absolute atomic E-state index is 0.0433. The molecule has 1 amide bonds. The molecule has 0 bridgehead atoms. The lowest BCUT2D eigenvalue weighted by Gasteiger charge is -2.21. The summed E-state index contributed by atoms with van der Waals surface area (Å²) in [6, 6.07) is 10.5. The number of carbonyl (C=O) groups is 1. The molecule has 1 atom stereocenters. The standard InChI is InChI=1S/C17H18BrNOS/c18-10-12-4-6-13(7-5-12)11-19-17(20)15-2-1-3-16-14(15)8-9-21-16/h4-9,15H,1-3,10-11H2,(H,19,20). The van der Waals surface area contributed by atoms with Gasteiger partial charge in [0.2, 0.25) is 5.91 Å². The van der Waals surface area contributed by atoms with E-state index in [9.17, 15) is 4.79 Å². The van der Waals surface area contributed by atoms with E-state index in [1.165, 1.54) is 16.0 Å². The quantitative estimate of drug-likeness (QED) is 0.802. The molecule has 1 aromatic heterocycles. The van der Waals surface area contributed by atoms with Gasteiger partial charge in [0.1, 0.15) is 0 Å². The van der Waals surface area contributed by atoms with Crippen molar-refractivity contribution in [3.05, 3.63) is 57.3 Å². The summed E-state index contributed by atoms with van der Waals surface area (Å²) < 4.78 is 0. The summed E-state index contributed by atoms with van der Waals surface area (Å²) >= 11 is 5.22. The number of fused-ring (bicyclic) bond motifs is 1. The molecule has 1 N–H and O–H groups in total. The van der Waals surface area contributed by atoms with E-state index in [2.05, 4.69) is 57.0 Å². The summed E-state index contributed by atoms with van der Waals surface area (Å²) in [5.74, 6) is 0.209. The number of halogens is 1. The van der Waals surface area contributed by atoms with Crippen LogP contribution in [0.1, 0.15) is 40.3 Å². The van der Waals surface area contributed by atoms with E-state index in [1.54, 1.807) is 11.3 Å². The Morgan fingerprint density at radius 3 is 2.76 bits per heavy atom. The molecule has 1 aromatic carbocycles. The highest BCUT2D eigenvalue weighted by atomic mass is 79.9. The van der Waals surface area contributed by atoms with Crippen LogP contribution in [-0.4, -0.2) is 5.91 Å². The average molecular weight is 364 g/mol. The van der Waals surface area contributed by atoms with Crippen LogP contribution in [0.4, 0.5) is 0 Å². The first-order valence-electron chi connectivity index (χ1n) is 7.25. The predicted molar refractivity (Wildman–Crippen MR) is 90.9 cm³/mol. The monoisotopic (exact) mass is 363 g/mol. The Morgan fingerprint density at radius 2 is 2.00 bits per heavy atom. The first kappa shape index (κ1) is 14.8. The van der Waals surface area contributed by atoms with Crippen molar-refractivity contribution in [2.45, 2.75) is 37.1 Å². The summed E-state index contributed by atoms with van der Waals surface area (Å²) in [5.41, 5.74) is 3.65. The van der Waals surface area contributed by atoms with Crippen LogP contribution in [-0.2, 0) is 23.1 Å². The fourth-order valence-corrected chi connectivity index (χ4v) is 4.18. The van der Waals surface area contributed by atoms with Crippen LogP contribution >= 0.6 is 27.3 Å². The fraction of sp³-hybridized carbons (Fsp3) is 0.353. The third-order valence-corrected chi connectivity index (χ3v) is 5.66. The van der Waals surface area contributed by atoms with Gasteiger partial charge in [0.15, 0.2) is 0 Å². The summed E-state index contributed by atoms with van der Waals surface area (Å²) in [7, 11) is 0. The maximum atomic E-state index is 12.4. The zero-order chi connectivity index (χ0) is 14.7. The van der Waals surface area contributed by atoms with Crippen molar-refractivity contribution in [3.8, 4) is 0 Å². The SMILES string of the molecule is O=C(NCc1ccc(CBr)cc1)C1CCCc2sccc21. The Kier molecular flexibility index (Phi) is 4.76. The Morgan fingerprint density at radius 1 is 1.24 bits per heavy atom. The summed E-state index contributed by atoms with van der Waals surface area (Å²) in [5, 5.41) is 6.06. The zero-order valence-corrected chi connectivity index (χ0v) is 14.2. The van der Waals surface area contributed by atoms with Crippen LogP contribution in [0, 0.1) is 0 Å². The van der Waals surface area contributed by atoms with Gasteiger partial charge < -0.3 is 5.32 Å². The highest BCUT2D eigenvalue weighted by Gasteiger charge is 2.26. The van der Waals surface area contributed by atoms with Gasteiger partial charge in [-0.2, -0.15) is 0 Å². The molecule has 2 aromatic rings. The molecular weight excluding hydrogens is 346 g/mol. The molecular formula is C17H18BrNOS. The fourth-order valence-electron chi connectivity index (χ4n) is 2.82. The topological polar surface area (TPSA) is 29.1 Å². The number of benzene rings is 1. The van der Waals surface area contributed by atoms with Crippen molar-refractivity contribution in [3.63, 3.8) is 0 Å². The van der Waals surface area contributed by atoms with Crippen LogP contribution < -0.4 is 5.32 Å². The molecule has 2 nitrogen and oxygen atoms in total. The van der Waals surface area contributed by atoms with Crippen molar-refractivity contribution in [2.75, 3.05) is 0 Å². The second-order valence-corrected chi connectivity index (χ2v) is 6.97. The maximum absolute atomic E-state index is 12.4. The van der Waals surface area contributed by atoms with E-state index in [0.717, 1.165) is 30.2 Å². The highest BCUT2D eigenvalue weighted by molar-refractivity contribution is 9.08. The van der Waals surface area contributed by atoms with Crippen LogP contribution in [0.2, 0.25) is 0 Å². The van der Waals surface area contributed by atoms with Crippen LogP contribution in [0.15, 0.2) is 35.7 Å². The maximum Gasteiger partial charge on any atom is 0.227 e. The van der Waals surface area contributed by atoms with E-state index in [0.29, 0.717) is 6.54 Å². The summed E-state index contributed by atoms with van der Waals surface area (Å²) in [6.07, 6.45) is 3.22. The molecule has 0 radical (unpaired) electrons. The van der Waals surface area contributed by atoms with Gasteiger partial charge in [0, 0.05) is 16.8 Å². The number of rotatable bonds is 4. The first-order chi connectivity index (χ1) is 10.3. The normalized spacial score (nSPS) is 17.3. The molecule has 1 aliphatic carbocycles. The number of hydrogen-bond acceptors (Lipinski definition) is 2. The Balaban J connectivity index is 1.62. The van der Waals surface area contributed by atoms with Crippen molar-refractivity contribution >= 4 is 33.2 Å². The molecule has 0 fully saturated rings. The second kappa shape index (κ2) is 6.75. The van der Waals surface area contributed by atoms with E-state index in [1.807, 2.05) is 0 Å². The number of carbonyl (C=O) groups excluding carboxylic acids is 1. The molecule has 1 unspecified atom stereocenters. The van der Waals surface area contributed by atoms with E-state index >= 15 is 0 Å². The molecule has 110 valence electrons. The largest absolute Gasteiger partial charge is 0.351 e. The van der Waals surface area contributed by atoms with Gasteiger partial charge in [-0.15, -0.1) is 11.3 Å². The molecule has 0 spiro atoms. The van der Waals surface area contributed by atoms with Gasteiger partial charge in [0.05, 0.1) is 5.92 Å². The number of nitrogens with one attached hydrogen (secondary N) is 1. The molecule has 4 heteroatoms. The molecule has 1 aliphatic rings.